The number of aromatic nitrogens is 3. The first kappa shape index (κ1) is 33.1. The van der Waals surface area contributed by atoms with E-state index in [1.165, 1.54) is 5.56 Å². The number of methoxy groups -OCH3 is 1. The third kappa shape index (κ3) is 6.37. The van der Waals surface area contributed by atoms with Gasteiger partial charge >= 0.3 is 0 Å². The summed E-state index contributed by atoms with van der Waals surface area (Å²) in [6, 6.07) is 22.2. The van der Waals surface area contributed by atoms with Crippen molar-refractivity contribution in [3.05, 3.63) is 113 Å². The lowest BCUT2D eigenvalue weighted by Gasteiger charge is -2.40. The number of anilines is 2. The molecule has 2 aliphatic rings. The number of aryl methyl sites for hydroxylation is 1. The first-order chi connectivity index (χ1) is 24.2. The lowest BCUT2D eigenvalue weighted by Crippen LogP contribution is -2.52. The average molecular weight is 675 g/mol. The van der Waals surface area contributed by atoms with Crippen LogP contribution in [0.5, 0.6) is 11.5 Å². The highest BCUT2D eigenvalue weighted by atomic mass is 16.5. The fraction of sp³-hybridized carbons (Fsp3) is 0.308. The molecule has 2 aromatic heterocycles. The van der Waals surface area contributed by atoms with Gasteiger partial charge in [-0.15, -0.1) is 0 Å². The van der Waals surface area contributed by atoms with E-state index < -0.39 is 0 Å². The summed E-state index contributed by atoms with van der Waals surface area (Å²) in [5, 5.41) is 14.3. The standard InChI is InChI=1S/C39H42N6O5/c1-26-35(39(48)45(31-22-40-41(2)24-31)29-9-11-32(46)12-10-29)21-37(42(26)3)36-20-33(49-4)13-14-34(36)38(47)44-23-28-8-6-5-7-27(28)19-30(44)25-43-15-17-50-18-16-43/h5-14,20-22,24,30,46H,15-19,23,25H2,1-4H3/t30-/m0/s1. The molecule has 0 unspecified atom stereocenters. The van der Waals surface area contributed by atoms with E-state index in [1.54, 1.807) is 60.4 Å². The van der Waals surface area contributed by atoms with Crippen molar-refractivity contribution in [2.45, 2.75) is 25.9 Å². The van der Waals surface area contributed by atoms with Crippen molar-refractivity contribution in [1.29, 1.82) is 0 Å². The van der Waals surface area contributed by atoms with Crippen LogP contribution in [-0.4, -0.2) is 87.1 Å². The number of fused-ring (bicyclic) bond motifs is 1. The SMILES string of the molecule is COc1ccc(C(=O)N2Cc3ccccc3C[C@H]2CN2CCOCC2)c(-c2cc(C(=O)N(c3ccc(O)cc3)c3cnn(C)c3)c(C)n2C)c1. The smallest absolute Gasteiger partial charge is 0.264 e. The van der Waals surface area contributed by atoms with Crippen molar-refractivity contribution in [1.82, 2.24) is 24.1 Å². The van der Waals surface area contributed by atoms with Gasteiger partial charge < -0.3 is 24.0 Å². The van der Waals surface area contributed by atoms with Crippen molar-refractivity contribution in [3.63, 3.8) is 0 Å². The quantitative estimate of drug-likeness (QED) is 0.238. The molecule has 50 heavy (non-hydrogen) atoms. The second-order valence-electron chi connectivity index (χ2n) is 13.0. The maximum Gasteiger partial charge on any atom is 0.264 e. The van der Waals surface area contributed by atoms with Crippen LogP contribution < -0.4 is 9.64 Å². The zero-order valence-corrected chi connectivity index (χ0v) is 28.9. The van der Waals surface area contributed by atoms with Gasteiger partial charge in [0.15, 0.2) is 0 Å². The summed E-state index contributed by atoms with van der Waals surface area (Å²) in [7, 11) is 5.31. The van der Waals surface area contributed by atoms with Crippen molar-refractivity contribution in [2.24, 2.45) is 14.1 Å². The molecule has 1 saturated heterocycles. The molecule has 2 amide bonds. The number of ether oxygens (including phenoxy) is 2. The summed E-state index contributed by atoms with van der Waals surface area (Å²) in [5.74, 6) is 0.378. The summed E-state index contributed by atoms with van der Waals surface area (Å²) in [6.07, 6.45) is 4.17. The number of rotatable bonds is 8. The lowest BCUT2D eigenvalue weighted by molar-refractivity contribution is 0.0193. The highest BCUT2D eigenvalue weighted by molar-refractivity contribution is 6.12. The number of phenolic OH excluding ortho intramolecular Hbond substituents is 1. The minimum absolute atomic E-state index is 0.0175. The maximum atomic E-state index is 14.8. The van der Waals surface area contributed by atoms with E-state index in [-0.39, 0.29) is 23.6 Å². The van der Waals surface area contributed by atoms with E-state index >= 15 is 0 Å². The number of nitrogens with zero attached hydrogens (tertiary/aromatic N) is 6. The highest BCUT2D eigenvalue weighted by Crippen LogP contribution is 2.36. The summed E-state index contributed by atoms with van der Waals surface area (Å²) >= 11 is 0. The molecule has 0 saturated carbocycles. The Balaban J connectivity index is 1.28. The van der Waals surface area contributed by atoms with Gasteiger partial charge in [0.1, 0.15) is 11.5 Å². The zero-order valence-electron chi connectivity index (χ0n) is 28.9. The number of phenols is 1. The normalized spacial score (nSPS) is 16.2. The fourth-order valence-electron chi connectivity index (χ4n) is 7.08. The molecular weight excluding hydrogens is 632 g/mol. The molecule has 11 nitrogen and oxygen atoms in total. The second kappa shape index (κ2) is 13.9. The van der Waals surface area contributed by atoms with Crippen LogP contribution in [0.3, 0.4) is 0 Å². The predicted octanol–water partition coefficient (Wildman–Crippen LogP) is 5.33. The topological polar surface area (TPSA) is 105 Å². The molecule has 3 aromatic carbocycles. The van der Waals surface area contributed by atoms with E-state index in [2.05, 4.69) is 28.2 Å². The Morgan fingerprint density at radius 3 is 2.40 bits per heavy atom. The Morgan fingerprint density at radius 2 is 1.70 bits per heavy atom. The number of morpholine rings is 1. The van der Waals surface area contributed by atoms with Crippen LogP contribution in [0.2, 0.25) is 0 Å². The molecule has 5 aromatic rings. The Morgan fingerprint density at radius 1 is 0.960 bits per heavy atom. The minimum atomic E-state index is -0.267. The van der Waals surface area contributed by atoms with Gasteiger partial charge in [-0.2, -0.15) is 5.10 Å². The Hall–Kier alpha value is -5.39. The molecule has 11 heteroatoms. The number of amides is 2. The average Bonchev–Trinajstić information content (AvgIpc) is 3.70. The van der Waals surface area contributed by atoms with Gasteiger partial charge in [0.25, 0.3) is 11.8 Å². The van der Waals surface area contributed by atoms with Gasteiger partial charge in [-0.05, 0) is 73.0 Å². The van der Waals surface area contributed by atoms with Gasteiger partial charge in [0.05, 0.1) is 37.8 Å². The molecule has 7 rings (SSSR count). The molecule has 0 aliphatic carbocycles. The van der Waals surface area contributed by atoms with Crippen LogP contribution in [0.25, 0.3) is 11.3 Å². The molecular formula is C39H42N6O5. The number of carbonyl (C=O) groups excluding carboxylic acids is 2. The zero-order chi connectivity index (χ0) is 34.9. The highest BCUT2D eigenvalue weighted by Gasteiger charge is 2.34. The van der Waals surface area contributed by atoms with Gasteiger partial charge in [-0.1, -0.05) is 24.3 Å². The van der Waals surface area contributed by atoms with E-state index in [4.69, 9.17) is 9.47 Å². The van der Waals surface area contributed by atoms with Crippen molar-refractivity contribution in [3.8, 4) is 22.8 Å². The summed E-state index contributed by atoms with van der Waals surface area (Å²) in [5.41, 5.74) is 6.74. The monoisotopic (exact) mass is 674 g/mol. The molecule has 4 heterocycles. The molecule has 0 radical (unpaired) electrons. The van der Waals surface area contributed by atoms with Crippen LogP contribution in [0.4, 0.5) is 11.4 Å². The van der Waals surface area contributed by atoms with E-state index in [9.17, 15) is 14.7 Å². The Kier molecular flexibility index (Phi) is 9.18. The van der Waals surface area contributed by atoms with Gasteiger partial charge in [-0.25, -0.2) is 0 Å². The molecule has 2 aliphatic heterocycles. The van der Waals surface area contributed by atoms with Crippen LogP contribution in [0.15, 0.2) is 85.2 Å². The first-order valence-corrected chi connectivity index (χ1v) is 16.9. The summed E-state index contributed by atoms with van der Waals surface area (Å²) < 4.78 is 14.9. The number of aromatic hydroxyl groups is 1. The van der Waals surface area contributed by atoms with E-state index in [0.717, 1.165) is 37.3 Å². The third-order valence-corrected chi connectivity index (χ3v) is 9.95. The van der Waals surface area contributed by atoms with Crippen molar-refractivity contribution < 1.29 is 24.2 Å². The van der Waals surface area contributed by atoms with Crippen LogP contribution >= 0.6 is 0 Å². The second-order valence-corrected chi connectivity index (χ2v) is 13.0. The first-order valence-electron chi connectivity index (χ1n) is 16.9. The number of benzene rings is 3. The number of carbonyl (C=O) groups is 2. The predicted molar refractivity (Wildman–Crippen MR) is 191 cm³/mol. The number of hydrogen-bond donors (Lipinski definition) is 1. The molecule has 1 N–H and O–H groups in total. The van der Waals surface area contributed by atoms with Crippen LogP contribution in [0, 0.1) is 6.92 Å². The van der Waals surface area contributed by atoms with Gasteiger partial charge in [0.2, 0.25) is 0 Å². The lowest BCUT2D eigenvalue weighted by atomic mass is 9.92. The maximum absolute atomic E-state index is 14.8. The molecule has 1 fully saturated rings. The third-order valence-electron chi connectivity index (χ3n) is 9.95. The van der Waals surface area contributed by atoms with Crippen LogP contribution in [0.1, 0.15) is 37.5 Å². The largest absolute Gasteiger partial charge is 0.508 e. The van der Waals surface area contributed by atoms with Crippen molar-refractivity contribution in [2.75, 3.05) is 44.9 Å². The summed E-state index contributed by atoms with van der Waals surface area (Å²) in [6.45, 7) is 6.24. The molecule has 0 spiro atoms. The van der Waals surface area contributed by atoms with Crippen molar-refractivity contribution >= 4 is 23.2 Å². The minimum Gasteiger partial charge on any atom is -0.508 e. The van der Waals surface area contributed by atoms with E-state index in [1.807, 2.05) is 53.8 Å². The molecule has 1 atom stereocenters. The Bertz CT molecular complexity index is 2030. The Labute approximate surface area is 291 Å². The van der Waals surface area contributed by atoms with Crippen LogP contribution in [-0.2, 0) is 31.8 Å². The fourth-order valence-corrected chi connectivity index (χ4v) is 7.08. The number of hydrogen-bond acceptors (Lipinski definition) is 7. The molecule has 0 bridgehead atoms. The van der Waals surface area contributed by atoms with E-state index in [0.29, 0.717) is 59.3 Å². The van der Waals surface area contributed by atoms with Gasteiger partial charge in [-0.3, -0.25) is 24.1 Å². The van der Waals surface area contributed by atoms with Gasteiger partial charge in [0, 0.05) is 80.7 Å². The summed E-state index contributed by atoms with van der Waals surface area (Å²) in [4.78, 5) is 35.3. The molecule has 258 valence electrons.